The SMILES string of the molecule is CCOC(=O)COc1ccc(Br)cc1C=NNC(=O)c1cccs1. The molecule has 1 amide bonds. The summed E-state index contributed by atoms with van der Waals surface area (Å²) in [6.45, 7) is 1.83. The highest BCUT2D eigenvalue weighted by molar-refractivity contribution is 9.10. The maximum Gasteiger partial charge on any atom is 0.344 e. The van der Waals surface area contributed by atoms with E-state index in [1.54, 1.807) is 37.3 Å². The molecule has 0 bridgehead atoms. The number of benzene rings is 1. The maximum atomic E-state index is 11.8. The van der Waals surface area contributed by atoms with Crippen LogP contribution in [0, 0.1) is 0 Å². The standard InChI is InChI=1S/C16H15BrN2O4S/c1-2-22-15(20)10-23-13-6-5-12(17)8-11(13)9-18-19-16(21)14-4-3-7-24-14/h3-9H,2,10H2,1H3,(H,19,21). The summed E-state index contributed by atoms with van der Waals surface area (Å²) in [6, 6.07) is 8.75. The van der Waals surface area contributed by atoms with Crippen molar-refractivity contribution in [1.82, 2.24) is 5.43 Å². The summed E-state index contributed by atoms with van der Waals surface area (Å²) in [5, 5.41) is 5.74. The van der Waals surface area contributed by atoms with Gasteiger partial charge in [-0.1, -0.05) is 22.0 Å². The number of carbonyl (C=O) groups excluding carboxylic acids is 2. The highest BCUT2D eigenvalue weighted by Crippen LogP contribution is 2.22. The van der Waals surface area contributed by atoms with E-state index < -0.39 is 5.97 Å². The third kappa shape index (κ3) is 5.47. The Bertz CT molecular complexity index is 732. The van der Waals surface area contributed by atoms with Crippen molar-refractivity contribution in [3.63, 3.8) is 0 Å². The van der Waals surface area contributed by atoms with E-state index in [0.29, 0.717) is 22.8 Å². The molecule has 0 atom stereocenters. The number of thiophene rings is 1. The van der Waals surface area contributed by atoms with Crippen LogP contribution in [-0.2, 0) is 9.53 Å². The fourth-order valence-corrected chi connectivity index (χ4v) is 2.71. The van der Waals surface area contributed by atoms with Crippen molar-refractivity contribution in [2.75, 3.05) is 13.2 Å². The lowest BCUT2D eigenvalue weighted by atomic mass is 10.2. The number of ether oxygens (including phenoxy) is 2. The molecule has 1 aromatic heterocycles. The zero-order valence-corrected chi connectivity index (χ0v) is 15.2. The highest BCUT2D eigenvalue weighted by atomic mass is 79.9. The van der Waals surface area contributed by atoms with E-state index in [1.807, 2.05) is 5.38 Å². The molecule has 0 spiro atoms. The van der Waals surface area contributed by atoms with Crippen molar-refractivity contribution in [3.8, 4) is 5.75 Å². The predicted octanol–water partition coefficient (Wildman–Crippen LogP) is 3.22. The summed E-state index contributed by atoms with van der Waals surface area (Å²) in [4.78, 5) is 23.8. The molecule has 0 saturated carbocycles. The van der Waals surface area contributed by atoms with Gasteiger partial charge in [-0.05, 0) is 36.6 Å². The van der Waals surface area contributed by atoms with E-state index >= 15 is 0 Å². The normalized spacial score (nSPS) is 10.6. The Hall–Kier alpha value is -2.19. The number of amides is 1. The van der Waals surface area contributed by atoms with Gasteiger partial charge in [0.1, 0.15) is 5.75 Å². The molecule has 0 aliphatic rings. The quantitative estimate of drug-likeness (QED) is 0.431. The van der Waals surface area contributed by atoms with Crippen LogP contribution >= 0.6 is 27.3 Å². The van der Waals surface area contributed by atoms with Crippen molar-refractivity contribution in [3.05, 3.63) is 50.6 Å². The molecule has 126 valence electrons. The minimum Gasteiger partial charge on any atom is -0.481 e. The summed E-state index contributed by atoms with van der Waals surface area (Å²) in [7, 11) is 0. The number of carbonyl (C=O) groups is 2. The first-order valence-electron chi connectivity index (χ1n) is 7.05. The minimum absolute atomic E-state index is 0.197. The zero-order valence-electron chi connectivity index (χ0n) is 12.8. The second-order valence-corrected chi connectivity index (χ2v) is 6.32. The minimum atomic E-state index is -0.450. The summed E-state index contributed by atoms with van der Waals surface area (Å²) >= 11 is 4.69. The average molecular weight is 411 g/mol. The first-order valence-corrected chi connectivity index (χ1v) is 8.72. The molecule has 0 aliphatic heterocycles. The van der Waals surface area contributed by atoms with Gasteiger partial charge in [-0.15, -0.1) is 11.3 Å². The molecule has 6 nitrogen and oxygen atoms in total. The number of hydrogen-bond donors (Lipinski definition) is 1. The molecule has 8 heteroatoms. The van der Waals surface area contributed by atoms with E-state index in [1.165, 1.54) is 17.6 Å². The van der Waals surface area contributed by atoms with E-state index in [2.05, 4.69) is 26.5 Å². The topological polar surface area (TPSA) is 77.0 Å². The Labute approximate surface area is 151 Å². The van der Waals surface area contributed by atoms with Gasteiger partial charge in [0.25, 0.3) is 5.91 Å². The van der Waals surface area contributed by atoms with E-state index in [4.69, 9.17) is 9.47 Å². The smallest absolute Gasteiger partial charge is 0.344 e. The number of hydrogen-bond acceptors (Lipinski definition) is 6. The van der Waals surface area contributed by atoms with Crippen molar-refractivity contribution < 1.29 is 19.1 Å². The molecule has 0 saturated heterocycles. The molecule has 2 rings (SSSR count). The van der Waals surface area contributed by atoms with Crippen LogP contribution in [-0.4, -0.2) is 31.3 Å². The van der Waals surface area contributed by atoms with Gasteiger partial charge in [0.05, 0.1) is 17.7 Å². The Morgan fingerprint density at radius 3 is 2.92 bits per heavy atom. The van der Waals surface area contributed by atoms with Crippen LogP contribution in [0.25, 0.3) is 0 Å². The van der Waals surface area contributed by atoms with Crippen LogP contribution in [0.1, 0.15) is 22.2 Å². The molecular formula is C16H15BrN2O4S. The van der Waals surface area contributed by atoms with Crippen molar-refractivity contribution in [2.45, 2.75) is 6.92 Å². The Kier molecular flexibility index (Phi) is 6.95. The number of nitrogens with one attached hydrogen (secondary N) is 1. The fourth-order valence-electron chi connectivity index (χ4n) is 1.71. The summed E-state index contributed by atoms with van der Waals surface area (Å²) < 4.78 is 11.1. The van der Waals surface area contributed by atoms with E-state index in [0.717, 1.165) is 4.47 Å². The van der Waals surface area contributed by atoms with Crippen LogP contribution in [0.2, 0.25) is 0 Å². The highest BCUT2D eigenvalue weighted by Gasteiger charge is 2.08. The number of halogens is 1. The Morgan fingerprint density at radius 2 is 2.21 bits per heavy atom. The third-order valence-electron chi connectivity index (χ3n) is 2.74. The molecular weight excluding hydrogens is 396 g/mol. The number of esters is 1. The maximum absolute atomic E-state index is 11.8. The van der Waals surface area contributed by atoms with E-state index in [9.17, 15) is 9.59 Å². The fraction of sp³-hybridized carbons (Fsp3) is 0.188. The predicted molar refractivity (Wildman–Crippen MR) is 95.6 cm³/mol. The van der Waals surface area contributed by atoms with Crippen LogP contribution in [0.4, 0.5) is 0 Å². The molecule has 0 aliphatic carbocycles. The lowest BCUT2D eigenvalue weighted by Gasteiger charge is -2.09. The Morgan fingerprint density at radius 1 is 1.38 bits per heavy atom. The number of hydrazone groups is 1. The van der Waals surface area contributed by atoms with Crippen molar-refractivity contribution >= 4 is 45.4 Å². The van der Waals surface area contributed by atoms with Crippen LogP contribution < -0.4 is 10.2 Å². The molecule has 1 aromatic carbocycles. The lowest BCUT2D eigenvalue weighted by Crippen LogP contribution is -2.17. The number of nitrogens with zero attached hydrogens (tertiary/aromatic N) is 1. The van der Waals surface area contributed by atoms with Gasteiger partial charge >= 0.3 is 5.97 Å². The van der Waals surface area contributed by atoms with Crippen LogP contribution in [0.5, 0.6) is 5.75 Å². The van der Waals surface area contributed by atoms with Gasteiger partial charge in [0, 0.05) is 10.0 Å². The summed E-state index contributed by atoms with van der Waals surface area (Å²) in [5.41, 5.74) is 3.06. The second kappa shape index (κ2) is 9.19. The average Bonchev–Trinajstić information content (AvgIpc) is 3.09. The van der Waals surface area contributed by atoms with Crippen LogP contribution in [0.15, 0.2) is 45.3 Å². The van der Waals surface area contributed by atoms with Gasteiger partial charge in [-0.25, -0.2) is 10.2 Å². The van der Waals surface area contributed by atoms with Gasteiger partial charge in [-0.2, -0.15) is 5.10 Å². The monoisotopic (exact) mass is 410 g/mol. The summed E-state index contributed by atoms with van der Waals surface area (Å²) in [5.74, 6) is -0.278. The lowest BCUT2D eigenvalue weighted by molar-refractivity contribution is -0.145. The summed E-state index contributed by atoms with van der Waals surface area (Å²) in [6.07, 6.45) is 1.46. The molecule has 0 radical (unpaired) electrons. The largest absolute Gasteiger partial charge is 0.481 e. The third-order valence-corrected chi connectivity index (χ3v) is 4.10. The van der Waals surface area contributed by atoms with Crippen molar-refractivity contribution in [1.29, 1.82) is 0 Å². The second-order valence-electron chi connectivity index (χ2n) is 4.45. The molecule has 2 aromatic rings. The van der Waals surface area contributed by atoms with Gasteiger partial charge in [0.2, 0.25) is 0 Å². The van der Waals surface area contributed by atoms with Gasteiger partial charge in [-0.3, -0.25) is 4.79 Å². The van der Waals surface area contributed by atoms with Gasteiger partial charge < -0.3 is 9.47 Å². The zero-order chi connectivity index (χ0) is 17.4. The van der Waals surface area contributed by atoms with Crippen LogP contribution in [0.3, 0.4) is 0 Å². The molecule has 1 heterocycles. The first-order chi connectivity index (χ1) is 11.6. The molecule has 0 unspecified atom stereocenters. The molecule has 24 heavy (non-hydrogen) atoms. The van der Waals surface area contributed by atoms with Gasteiger partial charge in [0.15, 0.2) is 6.61 Å². The molecule has 0 fully saturated rings. The molecule has 1 N–H and O–H groups in total. The van der Waals surface area contributed by atoms with E-state index in [-0.39, 0.29) is 12.5 Å². The number of rotatable bonds is 7. The first kappa shape index (κ1) is 18.2. The Balaban J connectivity index is 2.02. The van der Waals surface area contributed by atoms with Crippen molar-refractivity contribution in [2.24, 2.45) is 5.10 Å².